The molecule has 8 nitrogen and oxygen atoms in total. The summed E-state index contributed by atoms with van der Waals surface area (Å²) in [6.07, 6.45) is -0.180. The van der Waals surface area contributed by atoms with Crippen LogP contribution in [0.15, 0.2) is 30.0 Å². The van der Waals surface area contributed by atoms with Gasteiger partial charge < -0.3 is 24.6 Å². The van der Waals surface area contributed by atoms with Crippen LogP contribution < -0.4 is 19.7 Å². The van der Waals surface area contributed by atoms with Crippen LogP contribution in [0, 0.1) is 0 Å². The second kappa shape index (κ2) is 7.01. The van der Waals surface area contributed by atoms with Crippen molar-refractivity contribution in [2.24, 2.45) is 0 Å². The average Bonchev–Trinajstić information content (AvgIpc) is 2.54. The van der Waals surface area contributed by atoms with Gasteiger partial charge in [0.25, 0.3) is 0 Å². The van der Waals surface area contributed by atoms with Crippen LogP contribution in [0.1, 0.15) is 6.92 Å². The number of benzene rings is 1. The Morgan fingerprint density at radius 3 is 2.61 bits per heavy atom. The maximum atomic E-state index is 12.1. The molecule has 1 heterocycles. The number of hydrogen-bond acceptors (Lipinski definition) is 6. The number of hydrogen-bond donors (Lipinski definition) is 2. The van der Waals surface area contributed by atoms with Gasteiger partial charge >= 0.3 is 12.0 Å². The molecule has 2 N–H and O–H groups in total. The van der Waals surface area contributed by atoms with Crippen molar-refractivity contribution in [2.45, 2.75) is 13.2 Å². The number of amides is 2. The number of esters is 1. The first-order chi connectivity index (χ1) is 11.0. The van der Waals surface area contributed by atoms with Gasteiger partial charge in [0.2, 0.25) is 0 Å². The zero-order valence-corrected chi connectivity index (χ0v) is 13.0. The van der Waals surface area contributed by atoms with Gasteiger partial charge in [0.1, 0.15) is 5.57 Å². The first-order valence-corrected chi connectivity index (χ1v) is 6.90. The van der Waals surface area contributed by atoms with Crippen LogP contribution in [0.5, 0.6) is 11.5 Å². The number of carbonyl (C=O) groups is 2. The van der Waals surface area contributed by atoms with E-state index in [2.05, 4.69) is 5.32 Å². The van der Waals surface area contributed by atoms with E-state index in [4.69, 9.17) is 14.2 Å². The SMILES string of the molecule is CCOC(=O)C1=CN(c2ccc(OC)c(OC)c2)C(=O)NC1O. The first-order valence-electron chi connectivity index (χ1n) is 6.90. The van der Waals surface area contributed by atoms with E-state index in [9.17, 15) is 14.7 Å². The summed E-state index contributed by atoms with van der Waals surface area (Å²) in [5.41, 5.74) is 0.370. The molecule has 0 fully saturated rings. The summed E-state index contributed by atoms with van der Waals surface area (Å²) in [6.45, 7) is 1.81. The highest BCUT2D eigenvalue weighted by molar-refractivity contribution is 6.01. The largest absolute Gasteiger partial charge is 0.493 e. The van der Waals surface area contributed by atoms with Crippen LogP contribution >= 0.6 is 0 Å². The Balaban J connectivity index is 2.40. The second-order valence-corrected chi connectivity index (χ2v) is 4.57. The Kier molecular flexibility index (Phi) is 5.07. The zero-order valence-electron chi connectivity index (χ0n) is 13.0. The van der Waals surface area contributed by atoms with E-state index in [0.29, 0.717) is 17.2 Å². The Hall–Kier alpha value is -2.74. The van der Waals surface area contributed by atoms with Crippen LogP contribution in [-0.4, -0.2) is 44.2 Å². The Morgan fingerprint density at radius 1 is 1.30 bits per heavy atom. The molecule has 1 aromatic rings. The summed E-state index contributed by atoms with van der Waals surface area (Å²) in [6, 6.07) is 4.25. The minimum Gasteiger partial charge on any atom is -0.493 e. The summed E-state index contributed by atoms with van der Waals surface area (Å²) in [5, 5.41) is 12.1. The number of nitrogens with zero attached hydrogens (tertiary/aromatic N) is 1. The van der Waals surface area contributed by atoms with Crippen LogP contribution in [0.2, 0.25) is 0 Å². The molecule has 2 rings (SSSR count). The number of methoxy groups -OCH3 is 2. The van der Waals surface area contributed by atoms with Crippen LogP contribution in [0.3, 0.4) is 0 Å². The number of aliphatic hydroxyl groups is 1. The molecule has 2 amide bonds. The van der Waals surface area contributed by atoms with Crippen LogP contribution in [0.25, 0.3) is 0 Å². The Bertz CT molecular complexity index is 643. The van der Waals surface area contributed by atoms with Gasteiger partial charge in [-0.15, -0.1) is 0 Å². The number of nitrogens with one attached hydrogen (secondary N) is 1. The van der Waals surface area contributed by atoms with Crippen molar-refractivity contribution < 1.29 is 28.9 Å². The van der Waals surface area contributed by atoms with Gasteiger partial charge in [-0.2, -0.15) is 0 Å². The van der Waals surface area contributed by atoms with Crippen molar-refractivity contribution in [3.05, 3.63) is 30.0 Å². The van der Waals surface area contributed by atoms with Gasteiger partial charge in [-0.3, -0.25) is 4.90 Å². The fourth-order valence-corrected chi connectivity index (χ4v) is 2.08. The predicted molar refractivity (Wildman–Crippen MR) is 81.3 cm³/mol. The highest BCUT2D eigenvalue weighted by Gasteiger charge is 2.31. The highest BCUT2D eigenvalue weighted by atomic mass is 16.5. The molecule has 0 aliphatic carbocycles. The van der Waals surface area contributed by atoms with Gasteiger partial charge in [-0.1, -0.05) is 0 Å². The summed E-state index contributed by atoms with van der Waals surface area (Å²) >= 11 is 0. The van der Waals surface area contributed by atoms with Crippen molar-refractivity contribution in [3.8, 4) is 11.5 Å². The maximum Gasteiger partial charge on any atom is 0.340 e. The third kappa shape index (κ3) is 3.37. The smallest absolute Gasteiger partial charge is 0.340 e. The topological polar surface area (TPSA) is 97.3 Å². The summed E-state index contributed by atoms with van der Waals surface area (Å²) < 4.78 is 15.2. The van der Waals surface area contributed by atoms with Crippen molar-refractivity contribution >= 4 is 17.7 Å². The minimum absolute atomic E-state index is 0.0683. The van der Waals surface area contributed by atoms with Gasteiger partial charge in [-0.25, -0.2) is 9.59 Å². The van der Waals surface area contributed by atoms with Gasteiger partial charge in [-0.05, 0) is 19.1 Å². The third-order valence-corrected chi connectivity index (χ3v) is 3.20. The minimum atomic E-state index is -1.42. The quantitative estimate of drug-likeness (QED) is 0.785. The molecule has 124 valence electrons. The molecule has 0 bridgehead atoms. The lowest BCUT2D eigenvalue weighted by molar-refractivity contribution is -0.139. The predicted octanol–water partition coefficient (Wildman–Crippen LogP) is 0.999. The molecular weight excluding hydrogens is 304 g/mol. The lowest BCUT2D eigenvalue weighted by atomic mass is 10.2. The molecule has 0 spiro atoms. The summed E-state index contributed by atoms with van der Waals surface area (Å²) in [4.78, 5) is 25.1. The number of ether oxygens (including phenoxy) is 3. The van der Waals surface area contributed by atoms with Crippen molar-refractivity contribution in [3.63, 3.8) is 0 Å². The normalized spacial score (nSPS) is 17.2. The Labute approximate surface area is 133 Å². The average molecular weight is 322 g/mol. The van der Waals surface area contributed by atoms with E-state index in [1.54, 1.807) is 25.1 Å². The zero-order chi connectivity index (χ0) is 17.0. The van der Waals surface area contributed by atoms with Crippen LogP contribution in [-0.2, 0) is 9.53 Å². The molecule has 0 aromatic heterocycles. The fourth-order valence-electron chi connectivity index (χ4n) is 2.08. The van der Waals surface area contributed by atoms with E-state index in [1.165, 1.54) is 25.3 Å². The molecule has 0 saturated carbocycles. The molecule has 1 aliphatic heterocycles. The Morgan fingerprint density at radius 2 is 2.00 bits per heavy atom. The third-order valence-electron chi connectivity index (χ3n) is 3.20. The summed E-state index contributed by atoms with van der Waals surface area (Å²) in [5.74, 6) is 0.226. The van der Waals surface area contributed by atoms with E-state index < -0.39 is 18.2 Å². The first kappa shape index (κ1) is 16.6. The number of aliphatic hydroxyl groups excluding tert-OH is 1. The van der Waals surface area contributed by atoms with E-state index in [0.717, 1.165) is 0 Å². The molecule has 1 atom stereocenters. The van der Waals surface area contributed by atoms with E-state index in [1.807, 2.05) is 0 Å². The standard InChI is InChI=1S/C15H18N2O6/c1-4-23-14(19)10-8-17(15(20)16-13(10)18)9-5-6-11(21-2)12(7-9)22-3/h5-8,13,18H,4H2,1-3H3,(H,16,20). The summed E-state index contributed by atoms with van der Waals surface area (Å²) in [7, 11) is 2.97. The number of urea groups is 1. The van der Waals surface area contributed by atoms with Crippen molar-refractivity contribution in [1.29, 1.82) is 0 Å². The number of carbonyl (C=O) groups excluding carboxylic acids is 2. The molecular formula is C15H18N2O6. The maximum absolute atomic E-state index is 12.1. The van der Waals surface area contributed by atoms with E-state index >= 15 is 0 Å². The van der Waals surface area contributed by atoms with Crippen molar-refractivity contribution in [2.75, 3.05) is 25.7 Å². The lowest BCUT2D eigenvalue weighted by Gasteiger charge is -2.28. The molecule has 8 heteroatoms. The lowest BCUT2D eigenvalue weighted by Crippen LogP contribution is -2.49. The molecule has 1 aromatic carbocycles. The number of anilines is 1. The molecule has 0 radical (unpaired) electrons. The molecule has 0 saturated heterocycles. The van der Waals surface area contributed by atoms with E-state index in [-0.39, 0.29) is 12.2 Å². The second-order valence-electron chi connectivity index (χ2n) is 4.57. The van der Waals surface area contributed by atoms with Crippen LogP contribution in [0.4, 0.5) is 10.5 Å². The number of rotatable bonds is 5. The highest BCUT2D eigenvalue weighted by Crippen LogP contribution is 2.32. The molecule has 1 aliphatic rings. The van der Waals surface area contributed by atoms with Crippen molar-refractivity contribution in [1.82, 2.24) is 5.32 Å². The van der Waals surface area contributed by atoms with Gasteiger partial charge in [0, 0.05) is 12.3 Å². The molecule has 23 heavy (non-hydrogen) atoms. The van der Waals surface area contributed by atoms with Gasteiger partial charge in [0.15, 0.2) is 17.7 Å². The molecule has 1 unspecified atom stereocenters. The van der Waals surface area contributed by atoms with Gasteiger partial charge in [0.05, 0.1) is 26.5 Å². The monoisotopic (exact) mass is 322 g/mol. The fraction of sp³-hybridized carbons (Fsp3) is 0.333.